The third-order valence-electron chi connectivity index (χ3n) is 27.7. The fourth-order valence-electron chi connectivity index (χ4n) is 21.9. The molecule has 0 unspecified atom stereocenters. The quantitative estimate of drug-likeness (QED) is 0.0894. The van der Waals surface area contributed by atoms with E-state index in [4.69, 9.17) is 0 Å². The minimum absolute atomic E-state index is 0.124. The van der Waals surface area contributed by atoms with E-state index in [1.54, 1.807) is 0 Å². The van der Waals surface area contributed by atoms with Crippen LogP contribution in [0, 0.1) is 0 Å². The molecule has 132 heavy (non-hydrogen) atoms. The lowest BCUT2D eigenvalue weighted by molar-refractivity contribution is 0.660. The van der Waals surface area contributed by atoms with E-state index in [2.05, 4.69) is 543 Å². The Morgan fingerprint density at radius 1 is 0.136 bits per heavy atom. The Morgan fingerprint density at radius 2 is 0.318 bits per heavy atom. The molecule has 3 aliphatic carbocycles. The van der Waals surface area contributed by atoms with Crippen LogP contribution in [0.15, 0.2) is 510 Å². The van der Waals surface area contributed by atoms with Gasteiger partial charge in [-0.25, -0.2) is 0 Å². The van der Waals surface area contributed by atoms with Gasteiger partial charge in [0.15, 0.2) is 0 Å². The SMILES string of the molecule is CC1(C)c2ccccc2-c2ccc(N(c3ccc(-c4c5ccccc5c(-c5ccccc5)c5ccccc45)cc3)c3ccc(N(c4ccccc4)c4ccccc4)cc3)cc21.c1ccc(-c2c3ccccc3c(-c3ccc(N(c4ccc(N(c5ccccc5)c5ccccc5)cc4)c4ccc5c(c4)C4(c6ccccc6-c6ccccc64)c4ccccc4-5)cc3)c3ccccc23)cc1. The zero-order valence-electron chi connectivity index (χ0n) is 73.3. The van der Waals surface area contributed by atoms with Crippen molar-refractivity contribution in [2.75, 3.05) is 19.6 Å². The second-order valence-corrected chi connectivity index (χ2v) is 35.2. The Balaban J connectivity index is 0.000000147. The lowest BCUT2D eigenvalue weighted by atomic mass is 9.70. The number of hydrogen-bond acceptors (Lipinski definition) is 4. The Kier molecular flexibility index (Phi) is 19.5. The van der Waals surface area contributed by atoms with E-state index in [0.717, 1.165) is 68.2 Å². The van der Waals surface area contributed by atoms with Crippen molar-refractivity contribution in [2.24, 2.45) is 0 Å². The van der Waals surface area contributed by atoms with Gasteiger partial charge in [0.05, 0.1) is 5.41 Å². The molecule has 0 atom stereocenters. The van der Waals surface area contributed by atoms with Crippen LogP contribution >= 0.6 is 0 Å². The van der Waals surface area contributed by atoms with Gasteiger partial charge >= 0.3 is 0 Å². The molecular formula is C128H90N4. The summed E-state index contributed by atoms with van der Waals surface area (Å²) in [6.07, 6.45) is 0. The standard InChI is InChI=1S/C69H46N2.C59H44N2/c1-4-20-47(21-5-1)67-59-29-10-12-31-61(59)68(62-32-13-11-30-60(62)67)48-36-38-51(39-37-48)71(53-42-40-52(41-43-53)70(49-22-6-2-7-23-49)50-24-8-3-9-25-50)54-44-45-58-57-28-16-19-35-65(57)69(66(58)46-54)63-33-17-14-26-55(63)56-27-15-18-34-64(56)69;1-59(2)55-29-17-16-24-49(55)50-39-38-48(40-56(50)59)61(47-36-34-46(35-37-47)60(43-20-8-4-9-21-43)44-22-10-5-11-23-44)45-32-30-42(31-33-45)58-53-27-14-12-25-51(53)57(41-18-6-3-7-19-41)52-26-13-15-28-54(52)58/h1-46H;3-40H,1-2H3. The molecule has 22 aromatic carbocycles. The molecule has 4 nitrogen and oxygen atoms in total. The normalized spacial score (nSPS) is 12.6. The van der Waals surface area contributed by atoms with Gasteiger partial charge in [-0.2, -0.15) is 0 Å². The largest absolute Gasteiger partial charge is 0.311 e. The average Bonchev–Trinajstić information content (AvgIpc) is 1.51. The molecule has 0 saturated heterocycles. The maximum absolute atomic E-state index is 2.49. The van der Waals surface area contributed by atoms with E-state index in [0.29, 0.717) is 0 Å². The van der Waals surface area contributed by atoms with Gasteiger partial charge in [0.2, 0.25) is 0 Å². The first kappa shape index (κ1) is 78.6. The number of para-hydroxylation sites is 4. The molecule has 0 radical (unpaired) electrons. The van der Waals surface area contributed by atoms with Crippen LogP contribution in [0.4, 0.5) is 68.2 Å². The number of hydrogen-bond donors (Lipinski definition) is 0. The summed E-state index contributed by atoms with van der Waals surface area (Å²) in [7, 11) is 0. The minimum atomic E-state index is -0.464. The zero-order chi connectivity index (χ0) is 87.8. The van der Waals surface area contributed by atoms with Gasteiger partial charge in [-0.15, -0.1) is 0 Å². The van der Waals surface area contributed by atoms with Crippen molar-refractivity contribution in [3.8, 4) is 77.9 Å². The average molecular weight is 1680 g/mol. The Labute approximate surface area is 771 Å². The molecule has 0 saturated carbocycles. The molecular weight excluding hydrogens is 1590 g/mol. The molecule has 622 valence electrons. The number of benzene rings is 22. The lowest BCUT2D eigenvalue weighted by Gasteiger charge is -2.32. The molecule has 3 aliphatic rings. The summed E-state index contributed by atoms with van der Waals surface area (Å²) in [5.74, 6) is 0. The van der Waals surface area contributed by atoms with Crippen LogP contribution in [0.2, 0.25) is 0 Å². The molecule has 0 aliphatic heterocycles. The van der Waals surface area contributed by atoms with Crippen LogP contribution in [0.5, 0.6) is 0 Å². The van der Waals surface area contributed by atoms with E-state index in [1.807, 2.05) is 0 Å². The van der Waals surface area contributed by atoms with E-state index >= 15 is 0 Å². The zero-order valence-corrected chi connectivity index (χ0v) is 73.3. The Bertz CT molecular complexity index is 7860. The van der Waals surface area contributed by atoms with Crippen LogP contribution in [-0.4, -0.2) is 0 Å². The third-order valence-corrected chi connectivity index (χ3v) is 27.7. The Morgan fingerprint density at radius 3 is 0.606 bits per heavy atom. The predicted octanol–water partition coefficient (Wildman–Crippen LogP) is 35.2. The van der Waals surface area contributed by atoms with Crippen molar-refractivity contribution >= 4 is 111 Å². The molecule has 0 bridgehead atoms. The van der Waals surface area contributed by atoms with Gasteiger partial charge in [0, 0.05) is 73.7 Å². The van der Waals surface area contributed by atoms with Crippen LogP contribution in [0.25, 0.3) is 121 Å². The molecule has 0 amide bonds. The van der Waals surface area contributed by atoms with E-state index in [-0.39, 0.29) is 5.41 Å². The van der Waals surface area contributed by atoms with Gasteiger partial charge in [0.1, 0.15) is 0 Å². The van der Waals surface area contributed by atoms with E-state index < -0.39 is 5.41 Å². The first-order valence-electron chi connectivity index (χ1n) is 45.8. The van der Waals surface area contributed by atoms with Crippen molar-refractivity contribution in [3.05, 3.63) is 543 Å². The topological polar surface area (TPSA) is 13.0 Å². The van der Waals surface area contributed by atoms with Crippen LogP contribution in [0.3, 0.4) is 0 Å². The summed E-state index contributed by atoms with van der Waals surface area (Å²) in [6.45, 7) is 4.71. The predicted molar refractivity (Wildman–Crippen MR) is 557 cm³/mol. The summed E-state index contributed by atoms with van der Waals surface area (Å²) in [6, 6.07) is 187. The summed E-state index contributed by atoms with van der Waals surface area (Å²) in [4.78, 5) is 9.50. The highest BCUT2D eigenvalue weighted by molar-refractivity contribution is 6.23. The van der Waals surface area contributed by atoms with Gasteiger partial charge in [-0.1, -0.05) is 378 Å². The van der Waals surface area contributed by atoms with Crippen molar-refractivity contribution in [3.63, 3.8) is 0 Å². The monoisotopic (exact) mass is 1680 g/mol. The van der Waals surface area contributed by atoms with Crippen molar-refractivity contribution < 1.29 is 0 Å². The summed E-state index contributed by atoms with van der Waals surface area (Å²) < 4.78 is 0. The molecule has 1 spiro atoms. The maximum Gasteiger partial charge on any atom is 0.0726 e. The summed E-state index contributed by atoms with van der Waals surface area (Å²) >= 11 is 0. The van der Waals surface area contributed by atoms with Crippen molar-refractivity contribution in [1.29, 1.82) is 0 Å². The second kappa shape index (κ2) is 32.7. The van der Waals surface area contributed by atoms with Crippen molar-refractivity contribution in [2.45, 2.75) is 24.7 Å². The van der Waals surface area contributed by atoms with Crippen LogP contribution < -0.4 is 19.6 Å². The second-order valence-electron chi connectivity index (χ2n) is 35.2. The van der Waals surface area contributed by atoms with Crippen molar-refractivity contribution in [1.82, 2.24) is 0 Å². The van der Waals surface area contributed by atoms with E-state index in [1.165, 1.54) is 154 Å². The number of rotatable bonds is 16. The van der Waals surface area contributed by atoms with E-state index in [9.17, 15) is 0 Å². The highest BCUT2D eigenvalue weighted by atomic mass is 15.2. The molecule has 0 fully saturated rings. The van der Waals surface area contributed by atoms with Gasteiger partial charge in [-0.05, 0) is 300 Å². The first-order valence-corrected chi connectivity index (χ1v) is 45.8. The van der Waals surface area contributed by atoms with Crippen LogP contribution in [-0.2, 0) is 10.8 Å². The van der Waals surface area contributed by atoms with Gasteiger partial charge in [0.25, 0.3) is 0 Å². The van der Waals surface area contributed by atoms with Gasteiger partial charge in [-0.3, -0.25) is 0 Å². The molecule has 4 heteroatoms. The molecule has 22 aromatic rings. The molecule has 0 heterocycles. The molecule has 0 N–H and O–H groups in total. The summed E-state index contributed by atoms with van der Waals surface area (Å²) in [5.41, 5.74) is 38.4. The highest BCUT2D eigenvalue weighted by Crippen LogP contribution is 2.64. The molecule has 25 rings (SSSR count). The Hall–Kier alpha value is -16.9. The maximum atomic E-state index is 2.49. The minimum Gasteiger partial charge on any atom is -0.311 e. The molecule has 0 aromatic heterocycles. The van der Waals surface area contributed by atoms with Crippen LogP contribution in [0.1, 0.15) is 47.2 Å². The third kappa shape index (κ3) is 13.1. The summed E-state index contributed by atoms with van der Waals surface area (Å²) in [5, 5.41) is 10.0. The lowest BCUT2D eigenvalue weighted by Crippen LogP contribution is -2.26. The first-order chi connectivity index (χ1) is 65.3. The number of nitrogens with zero attached hydrogens (tertiary/aromatic N) is 4. The number of anilines is 12. The smallest absolute Gasteiger partial charge is 0.0726 e. The highest BCUT2D eigenvalue weighted by Gasteiger charge is 2.52. The number of fused-ring (bicyclic) bond motifs is 17. The van der Waals surface area contributed by atoms with Gasteiger partial charge < -0.3 is 19.6 Å². The fourth-order valence-corrected chi connectivity index (χ4v) is 21.9. The fraction of sp³-hybridized carbons (Fsp3) is 0.0312.